The minimum absolute atomic E-state index is 0.0432. The number of aromatic amines is 1. The van der Waals surface area contributed by atoms with Crippen molar-refractivity contribution < 1.29 is 9.21 Å². The van der Waals surface area contributed by atoms with Gasteiger partial charge < -0.3 is 14.3 Å². The lowest BCUT2D eigenvalue weighted by atomic mass is 10.0. The van der Waals surface area contributed by atoms with Crippen LogP contribution in [0.2, 0.25) is 0 Å². The van der Waals surface area contributed by atoms with E-state index in [0.717, 1.165) is 68.1 Å². The summed E-state index contributed by atoms with van der Waals surface area (Å²) in [7, 11) is 0. The number of carbonyl (C=O) groups excluding carboxylic acids is 1. The average Bonchev–Trinajstić information content (AvgIpc) is 3.38. The zero-order valence-corrected chi connectivity index (χ0v) is 18.5. The zero-order chi connectivity index (χ0) is 21.3. The topological polar surface area (TPSA) is 65.4 Å². The van der Waals surface area contributed by atoms with Crippen molar-refractivity contribution in [1.29, 1.82) is 0 Å². The third kappa shape index (κ3) is 4.01. The van der Waals surface area contributed by atoms with Crippen LogP contribution in [-0.4, -0.2) is 45.3 Å². The number of imidazole rings is 1. The molecule has 3 heterocycles. The number of fused-ring (bicyclic) bond motifs is 1. The minimum Gasteiger partial charge on any atom is -0.455 e. The molecular weight excluding hydrogens is 376 g/mol. The van der Waals surface area contributed by atoms with Crippen molar-refractivity contribution >= 4 is 16.9 Å². The van der Waals surface area contributed by atoms with E-state index in [1.165, 1.54) is 11.1 Å². The van der Waals surface area contributed by atoms with E-state index in [9.17, 15) is 4.79 Å². The van der Waals surface area contributed by atoms with E-state index >= 15 is 0 Å². The number of furan rings is 1. The summed E-state index contributed by atoms with van der Waals surface area (Å²) >= 11 is 0. The Kier molecular flexibility index (Phi) is 5.95. The Balaban J connectivity index is 1.58. The van der Waals surface area contributed by atoms with E-state index in [1.807, 2.05) is 17.0 Å². The van der Waals surface area contributed by atoms with Gasteiger partial charge in [0.15, 0.2) is 5.76 Å². The number of benzene rings is 1. The van der Waals surface area contributed by atoms with E-state index in [-0.39, 0.29) is 11.9 Å². The Morgan fingerprint density at radius 1 is 1.20 bits per heavy atom. The molecule has 1 atom stereocenters. The molecule has 0 saturated carbocycles. The number of rotatable bonds is 6. The highest BCUT2D eigenvalue weighted by Crippen LogP contribution is 2.32. The van der Waals surface area contributed by atoms with Gasteiger partial charge >= 0.3 is 0 Å². The molecule has 0 radical (unpaired) electrons. The third-order valence-electron chi connectivity index (χ3n) is 6.34. The number of nitrogens with one attached hydrogen (secondary N) is 1. The number of aromatic nitrogens is 2. The largest absolute Gasteiger partial charge is 0.455 e. The number of hydrogen-bond donors (Lipinski definition) is 1. The minimum atomic E-state index is -0.0457. The fourth-order valence-corrected chi connectivity index (χ4v) is 4.29. The highest BCUT2D eigenvalue weighted by atomic mass is 16.4. The summed E-state index contributed by atoms with van der Waals surface area (Å²) < 4.78 is 5.94. The Labute approximate surface area is 178 Å². The van der Waals surface area contributed by atoms with Crippen LogP contribution in [0.25, 0.3) is 11.0 Å². The van der Waals surface area contributed by atoms with Crippen LogP contribution in [0.1, 0.15) is 72.4 Å². The summed E-state index contributed by atoms with van der Waals surface area (Å²) in [4.78, 5) is 25.8. The fourth-order valence-electron chi connectivity index (χ4n) is 4.29. The van der Waals surface area contributed by atoms with Crippen LogP contribution in [0, 0.1) is 13.8 Å². The molecule has 1 fully saturated rings. The summed E-state index contributed by atoms with van der Waals surface area (Å²) in [5, 5.41) is 0. The van der Waals surface area contributed by atoms with E-state index in [1.54, 1.807) is 0 Å². The van der Waals surface area contributed by atoms with Gasteiger partial charge in [-0.05, 0) is 81.6 Å². The predicted molar refractivity (Wildman–Crippen MR) is 119 cm³/mol. The first-order valence-electron chi connectivity index (χ1n) is 11.1. The second-order valence-corrected chi connectivity index (χ2v) is 8.31. The van der Waals surface area contributed by atoms with Gasteiger partial charge in [-0.1, -0.05) is 13.8 Å². The first kappa shape index (κ1) is 20.7. The molecule has 0 unspecified atom stereocenters. The van der Waals surface area contributed by atoms with Gasteiger partial charge in [-0.15, -0.1) is 0 Å². The van der Waals surface area contributed by atoms with E-state index in [0.29, 0.717) is 5.76 Å². The first-order valence-corrected chi connectivity index (χ1v) is 11.1. The first-order chi connectivity index (χ1) is 14.5. The van der Waals surface area contributed by atoms with Crippen LogP contribution in [0.4, 0.5) is 0 Å². The lowest BCUT2D eigenvalue weighted by molar-refractivity contribution is 0.0565. The molecule has 1 aliphatic rings. The van der Waals surface area contributed by atoms with Gasteiger partial charge in [0.2, 0.25) is 0 Å². The Hall–Kier alpha value is -2.60. The zero-order valence-electron chi connectivity index (χ0n) is 18.5. The molecule has 1 amide bonds. The van der Waals surface area contributed by atoms with Crippen LogP contribution in [0.15, 0.2) is 28.7 Å². The summed E-state index contributed by atoms with van der Waals surface area (Å²) in [6.45, 7) is 11.8. The van der Waals surface area contributed by atoms with Gasteiger partial charge in [0.05, 0.1) is 23.6 Å². The van der Waals surface area contributed by atoms with E-state index in [4.69, 9.17) is 9.40 Å². The standard InChI is InChI=1S/C24H32N4O2/c1-5-27(6-2)15-18-10-11-22(30-18)24(29)28-12-8-7-9-21(28)23-25-19-13-16(3)17(4)14-20(19)26-23/h10-11,13-14,21H,5-9,12,15H2,1-4H3,(H,25,26)/t21-/m1/s1. The molecule has 1 saturated heterocycles. The Morgan fingerprint density at radius 3 is 2.73 bits per heavy atom. The molecule has 4 rings (SSSR count). The molecular formula is C24H32N4O2. The molecule has 3 aromatic rings. The van der Waals surface area contributed by atoms with Crippen molar-refractivity contribution in [2.24, 2.45) is 0 Å². The van der Waals surface area contributed by atoms with Gasteiger partial charge in [-0.2, -0.15) is 0 Å². The number of carbonyl (C=O) groups is 1. The normalized spacial score (nSPS) is 17.2. The molecule has 1 aromatic carbocycles. The van der Waals surface area contributed by atoms with Crippen molar-refractivity contribution in [3.8, 4) is 0 Å². The van der Waals surface area contributed by atoms with E-state index < -0.39 is 0 Å². The highest BCUT2D eigenvalue weighted by Gasteiger charge is 2.32. The van der Waals surface area contributed by atoms with Crippen molar-refractivity contribution in [2.75, 3.05) is 19.6 Å². The molecule has 1 aliphatic heterocycles. The van der Waals surface area contributed by atoms with Gasteiger partial charge in [-0.25, -0.2) is 4.98 Å². The van der Waals surface area contributed by atoms with Crippen LogP contribution >= 0.6 is 0 Å². The number of piperidine rings is 1. The Bertz CT molecular complexity index is 992. The van der Waals surface area contributed by atoms with Gasteiger partial charge in [0.25, 0.3) is 5.91 Å². The molecule has 0 bridgehead atoms. The molecule has 0 spiro atoms. The molecule has 1 N–H and O–H groups in total. The lowest BCUT2D eigenvalue weighted by Gasteiger charge is -2.33. The molecule has 6 heteroatoms. The van der Waals surface area contributed by atoms with E-state index in [2.05, 4.69) is 49.7 Å². The maximum Gasteiger partial charge on any atom is 0.290 e. The second kappa shape index (κ2) is 8.64. The third-order valence-corrected chi connectivity index (χ3v) is 6.34. The number of aryl methyl sites for hydroxylation is 2. The molecule has 160 valence electrons. The predicted octanol–water partition coefficient (Wildman–Crippen LogP) is 4.98. The SMILES string of the molecule is CCN(CC)Cc1ccc(C(=O)N2CCCC[C@@H]2c2nc3cc(C)c(C)cc3[nH]2)o1. The molecule has 2 aromatic heterocycles. The van der Waals surface area contributed by atoms with Gasteiger partial charge in [0.1, 0.15) is 11.6 Å². The molecule has 6 nitrogen and oxygen atoms in total. The highest BCUT2D eigenvalue weighted by molar-refractivity contribution is 5.92. The maximum absolute atomic E-state index is 13.3. The van der Waals surface area contributed by atoms with Crippen molar-refractivity contribution in [2.45, 2.75) is 59.5 Å². The number of likely N-dealkylation sites (tertiary alicyclic amines) is 1. The second-order valence-electron chi connectivity index (χ2n) is 8.31. The smallest absolute Gasteiger partial charge is 0.290 e. The number of amides is 1. The van der Waals surface area contributed by atoms with Crippen molar-refractivity contribution in [3.63, 3.8) is 0 Å². The Morgan fingerprint density at radius 2 is 1.97 bits per heavy atom. The van der Waals surface area contributed by atoms with Crippen molar-refractivity contribution in [3.05, 3.63) is 52.7 Å². The van der Waals surface area contributed by atoms with Crippen LogP contribution in [-0.2, 0) is 6.54 Å². The number of nitrogens with zero attached hydrogens (tertiary/aromatic N) is 3. The summed E-state index contributed by atoms with van der Waals surface area (Å²) in [6.07, 6.45) is 3.01. The van der Waals surface area contributed by atoms with Crippen LogP contribution in [0.3, 0.4) is 0 Å². The summed E-state index contributed by atoms with van der Waals surface area (Å²) in [5.41, 5.74) is 4.47. The summed E-state index contributed by atoms with van der Waals surface area (Å²) in [6, 6.07) is 7.96. The molecule has 0 aliphatic carbocycles. The fraction of sp³-hybridized carbons (Fsp3) is 0.500. The van der Waals surface area contributed by atoms with Gasteiger partial charge in [0, 0.05) is 6.54 Å². The maximum atomic E-state index is 13.3. The lowest BCUT2D eigenvalue weighted by Crippen LogP contribution is -2.38. The molecule has 30 heavy (non-hydrogen) atoms. The summed E-state index contributed by atoms with van der Waals surface area (Å²) in [5.74, 6) is 2.09. The van der Waals surface area contributed by atoms with Crippen LogP contribution < -0.4 is 0 Å². The van der Waals surface area contributed by atoms with Gasteiger partial charge in [-0.3, -0.25) is 9.69 Å². The number of hydrogen-bond acceptors (Lipinski definition) is 4. The van der Waals surface area contributed by atoms with Crippen molar-refractivity contribution in [1.82, 2.24) is 19.8 Å². The van der Waals surface area contributed by atoms with Crippen LogP contribution in [0.5, 0.6) is 0 Å². The number of H-pyrrole nitrogens is 1. The quantitative estimate of drug-likeness (QED) is 0.625. The monoisotopic (exact) mass is 408 g/mol. The average molecular weight is 409 g/mol.